The summed E-state index contributed by atoms with van der Waals surface area (Å²) in [4.78, 5) is 18.5. The quantitative estimate of drug-likeness (QED) is 0.784. The number of benzene rings is 1. The molecule has 2 N–H and O–H groups in total. The third-order valence-electron chi connectivity index (χ3n) is 3.31. The second-order valence-electron chi connectivity index (χ2n) is 4.98. The lowest BCUT2D eigenvalue weighted by molar-refractivity contribution is 0.0945. The van der Waals surface area contributed by atoms with E-state index >= 15 is 0 Å². The molecule has 22 heavy (non-hydrogen) atoms. The SMILES string of the molecule is CCCS(=O)(=O)NNC(=O)c1ccc2c(c1)nc(C)n2CC. The Hall–Kier alpha value is -1.93. The van der Waals surface area contributed by atoms with Crippen molar-refractivity contribution in [3.8, 4) is 0 Å². The number of fused-ring (bicyclic) bond motifs is 1. The fourth-order valence-corrected chi connectivity index (χ4v) is 3.19. The summed E-state index contributed by atoms with van der Waals surface area (Å²) < 4.78 is 25.1. The minimum Gasteiger partial charge on any atom is -0.329 e. The van der Waals surface area contributed by atoms with Gasteiger partial charge in [-0.2, -0.15) is 0 Å². The molecule has 1 heterocycles. The molecule has 120 valence electrons. The maximum atomic E-state index is 12.0. The molecule has 2 rings (SSSR count). The first-order chi connectivity index (χ1) is 10.4. The predicted molar refractivity (Wildman–Crippen MR) is 84.8 cm³/mol. The van der Waals surface area contributed by atoms with Gasteiger partial charge in [0.05, 0.1) is 16.8 Å². The summed E-state index contributed by atoms with van der Waals surface area (Å²) in [5.41, 5.74) is 4.23. The van der Waals surface area contributed by atoms with Crippen LogP contribution in [0.2, 0.25) is 0 Å². The highest BCUT2D eigenvalue weighted by Crippen LogP contribution is 2.17. The molecular weight excluding hydrogens is 304 g/mol. The van der Waals surface area contributed by atoms with Gasteiger partial charge in [-0.25, -0.2) is 13.4 Å². The van der Waals surface area contributed by atoms with Gasteiger partial charge in [0.1, 0.15) is 5.82 Å². The van der Waals surface area contributed by atoms with Crippen LogP contribution in [0.25, 0.3) is 11.0 Å². The van der Waals surface area contributed by atoms with E-state index in [9.17, 15) is 13.2 Å². The lowest BCUT2D eigenvalue weighted by Crippen LogP contribution is -2.42. The summed E-state index contributed by atoms with van der Waals surface area (Å²) in [7, 11) is -3.49. The molecular formula is C14H20N4O3S. The first kappa shape index (κ1) is 16.4. The topological polar surface area (TPSA) is 93.1 Å². The standard InChI is InChI=1S/C14H20N4O3S/c1-4-8-22(20,21)17-16-14(19)11-6-7-13-12(9-11)15-10(3)18(13)5-2/h6-7,9,17H,4-5,8H2,1-3H3,(H,16,19). The average molecular weight is 324 g/mol. The van der Waals surface area contributed by atoms with Crippen molar-refractivity contribution >= 4 is 27.0 Å². The number of imidazole rings is 1. The number of aryl methyl sites for hydroxylation is 2. The van der Waals surface area contributed by atoms with E-state index in [1.807, 2.05) is 24.5 Å². The van der Waals surface area contributed by atoms with Gasteiger partial charge in [-0.15, -0.1) is 4.83 Å². The molecule has 1 amide bonds. The maximum absolute atomic E-state index is 12.0. The van der Waals surface area contributed by atoms with Crippen molar-refractivity contribution in [1.82, 2.24) is 19.8 Å². The number of rotatable bonds is 6. The van der Waals surface area contributed by atoms with E-state index in [0.717, 1.165) is 17.9 Å². The van der Waals surface area contributed by atoms with Gasteiger partial charge in [-0.1, -0.05) is 6.92 Å². The zero-order valence-corrected chi connectivity index (χ0v) is 13.7. The molecule has 0 aliphatic rings. The molecule has 8 heteroatoms. The van der Waals surface area contributed by atoms with Gasteiger partial charge in [-0.05, 0) is 38.5 Å². The molecule has 0 saturated heterocycles. The van der Waals surface area contributed by atoms with Crippen LogP contribution in [0.4, 0.5) is 0 Å². The summed E-state index contributed by atoms with van der Waals surface area (Å²) in [6, 6.07) is 5.12. The van der Waals surface area contributed by atoms with Crippen molar-refractivity contribution in [2.75, 3.05) is 5.75 Å². The van der Waals surface area contributed by atoms with Crippen LogP contribution >= 0.6 is 0 Å². The number of hydrazine groups is 1. The van der Waals surface area contributed by atoms with Crippen LogP contribution in [-0.4, -0.2) is 29.6 Å². The van der Waals surface area contributed by atoms with Crippen molar-refractivity contribution < 1.29 is 13.2 Å². The first-order valence-corrected chi connectivity index (χ1v) is 8.80. The maximum Gasteiger partial charge on any atom is 0.266 e. The van der Waals surface area contributed by atoms with Crippen LogP contribution in [0.5, 0.6) is 0 Å². The minimum absolute atomic E-state index is 0.0353. The lowest BCUT2D eigenvalue weighted by Gasteiger charge is -2.07. The molecule has 0 atom stereocenters. The van der Waals surface area contributed by atoms with Gasteiger partial charge in [0.25, 0.3) is 5.91 Å². The van der Waals surface area contributed by atoms with Gasteiger partial charge in [-0.3, -0.25) is 10.2 Å². The van der Waals surface area contributed by atoms with E-state index in [1.165, 1.54) is 0 Å². The van der Waals surface area contributed by atoms with Gasteiger partial charge >= 0.3 is 0 Å². The van der Waals surface area contributed by atoms with Crippen LogP contribution in [0.1, 0.15) is 36.5 Å². The van der Waals surface area contributed by atoms with Gasteiger partial charge in [0.15, 0.2) is 0 Å². The van der Waals surface area contributed by atoms with Crippen LogP contribution < -0.4 is 10.3 Å². The number of hydrogen-bond donors (Lipinski definition) is 2. The summed E-state index contributed by atoms with van der Waals surface area (Å²) >= 11 is 0. The summed E-state index contributed by atoms with van der Waals surface area (Å²) in [5.74, 6) is 0.330. The van der Waals surface area contributed by atoms with Gasteiger partial charge < -0.3 is 4.57 Å². The number of carbonyl (C=O) groups excluding carboxylic acids is 1. The first-order valence-electron chi connectivity index (χ1n) is 7.14. The van der Waals surface area contributed by atoms with E-state index in [1.54, 1.807) is 19.1 Å². The van der Waals surface area contributed by atoms with E-state index in [-0.39, 0.29) is 5.75 Å². The fraction of sp³-hybridized carbons (Fsp3) is 0.429. The van der Waals surface area contributed by atoms with Crippen molar-refractivity contribution in [2.45, 2.75) is 33.7 Å². The highest BCUT2D eigenvalue weighted by atomic mass is 32.2. The van der Waals surface area contributed by atoms with E-state index in [4.69, 9.17) is 0 Å². The highest BCUT2D eigenvalue weighted by molar-refractivity contribution is 7.89. The summed E-state index contributed by atoms with van der Waals surface area (Å²) in [6.45, 7) is 6.48. The predicted octanol–water partition coefficient (Wildman–Crippen LogP) is 1.34. The van der Waals surface area contributed by atoms with Crippen molar-refractivity contribution in [3.63, 3.8) is 0 Å². The Morgan fingerprint density at radius 1 is 1.32 bits per heavy atom. The van der Waals surface area contributed by atoms with Crippen molar-refractivity contribution in [1.29, 1.82) is 0 Å². The second kappa shape index (κ2) is 6.45. The molecule has 0 aliphatic heterocycles. The Balaban J connectivity index is 2.19. The number of nitrogens with zero attached hydrogens (tertiary/aromatic N) is 2. The molecule has 7 nitrogen and oxygen atoms in total. The lowest BCUT2D eigenvalue weighted by atomic mass is 10.2. The Morgan fingerprint density at radius 2 is 2.05 bits per heavy atom. The molecule has 0 radical (unpaired) electrons. The third kappa shape index (κ3) is 3.45. The van der Waals surface area contributed by atoms with E-state index in [0.29, 0.717) is 17.5 Å². The van der Waals surface area contributed by atoms with E-state index < -0.39 is 15.9 Å². The number of hydrogen-bond acceptors (Lipinski definition) is 4. The average Bonchev–Trinajstić information content (AvgIpc) is 2.78. The molecule has 2 aromatic rings. The molecule has 0 fully saturated rings. The Labute approximate surface area is 129 Å². The number of amides is 1. The smallest absolute Gasteiger partial charge is 0.266 e. The van der Waals surface area contributed by atoms with Gasteiger partial charge in [0.2, 0.25) is 10.0 Å². The zero-order chi connectivity index (χ0) is 16.3. The van der Waals surface area contributed by atoms with Crippen LogP contribution in [0.3, 0.4) is 0 Å². The van der Waals surface area contributed by atoms with Crippen LogP contribution in [0.15, 0.2) is 18.2 Å². The number of nitrogens with one attached hydrogen (secondary N) is 2. The normalized spacial score (nSPS) is 11.8. The third-order valence-corrected chi connectivity index (χ3v) is 4.67. The zero-order valence-electron chi connectivity index (χ0n) is 12.9. The Morgan fingerprint density at radius 3 is 2.68 bits per heavy atom. The molecule has 0 bridgehead atoms. The van der Waals surface area contributed by atoms with Crippen LogP contribution in [0, 0.1) is 6.92 Å². The number of sulfonamides is 1. The summed E-state index contributed by atoms with van der Waals surface area (Å²) in [6.07, 6.45) is 0.477. The number of aromatic nitrogens is 2. The highest BCUT2D eigenvalue weighted by Gasteiger charge is 2.13. The molecule has 0 spiro atoms. The van der Waals surface area contributed by atoms with E-state index in [2.05, 4.69) is 15.2 Å². The Kier molecular flexibility index (Phi) is 4.82. The molecule has 0 saturated carbocycles. The molecule has 0 aliphatic carbocycles. The monoisotopic (exact) mass is 324 g/mol. The summed E-state index contributed by atoms with van der Waals surface area (Å²) in [5, 5.41) is 0. The largest absolute Gasteiger partial charge is 0.329 e. The molecule has 1 aromatic carbocycles. The minimum atomic E-state index is -3.49. The fourth-order valence-electron chi connectivity index (χ4n) is 2.31. The second-order valence-corrected chi connectivity index (χ2v) is 6.82. The van der Waals surface area contributed by atoms with Crippen LogP contribution in [-0.2, 0) is 16.6 Å². The number of carbonyl (C=O) groups is 1. The molecule has 0 unspecified atom stereocenters. The molecule has 1 aromatic heterocycles. The van der Waals surface area contributed by atoms with Crippen molar-refractivity contribution in [2.24, 2.45) is 0 Å². The van der Waals surface area contributed by atoms with Gasteiger partial charge in [0, 0.05) is 12.1 Å². The Bertz CT molecular complexity index is 796. The van der Waals surface area contributed by atoms with Crippen molar-refractivity contribution in [3.05, 3.63) is 29.6 Å².